The molecule has 0 aromatic rings. The van der Waals surface area contributed by atoms with Crippen LogP contribution in [-0.2, 0) is 9.53 Å². The van der Waals surface area contributed by atoms with E-state index in [2.05, 4.69) is 5.32 Å². The lowest BCUT2D eigenvalue weighted by Gasteiger charge is -2.32. The second kappa shape index (κ2) is 5.47. The third-order valence-electron chi connectivity index (χ3n) is 3.28. The summed E-state index contributed by atoms with van der Waals surface area (Å²) in [6.07, 6.45) is 4.25. The average Bonchev–Trinajstić information content (AvgIpc) is 2.12. The molecule has 1 saturated carbocycles. The van der Waals surface area contributed by atoms with Crippen LogP contribution >= 0.6 is 0 Å². The van der Waals surface area contributed by atoms with E-state index in [1.165, 1.54) is 19.3 Å². The van der Waals surface area contributed by atoms with Crippen LogP contribution in [0.3, 0.4) is 0 Å². The molecule has 0 aliphatic heterocycles. The van der Waals surface area contributed by atoms with Crippen molar-refractivity contribution in [3.05, 3.63) is 0 Å². The molecule has 1 rings (SSSR count). The molecule has 0 heterocycles. The maximum Gasteiger partial charge on any atom is 0.323 e. The van der Waals surface area contributed by atoms with Crippen molar-refractivity contribution in [2.75, 3.05) is 20.3 Å². The topological polar surface area (TPSA) is 58.6 Å². The van der Waals surface area contributed by atoms with Crippen molar-refractivity contribution in [2.24, 2.45) is 5.92 Å². The van der Waals surface area contributed by atoms with E-state index in [4.69, 9.17) is 9.84 Å². The van der Waals surface area contributed by atoms with Crippen LogP contribution in [0.2, 0.25) is 0 Å². The summed E-state index contributed by atoms with van der Waals surface area (Å²) in [6.45, 7) is 3.01. The molecular weight excluding hydrogens is 194 g/mol. The summed E-state index contributed by atoms with van der Waals surface area (Å²) in [5.41, 5.74) is -0.842. The van der Waals surface area contributed by atoms with E-state index < -0.39 is 11.5 Å². The molecule has 2 N–H and O–H groups in total. The minimum Gasteiger partial charge on any atom is -0.480 e. The van der Waals surface area contributed by atoms with Gasteiger partial charge in [-0.3, -0.25) is 4.79 Å². The molecule has 0 saturated heterocycles. The van der Waals surface area contributed by atoms with Crippen LogP contribution in [0.5, 0.6) is 0 Å². The van der Waals surface area contributed by atoms with Gasteiger partial charge in [-0.2, -0.15) is 0 Å². The molecule has 15 heavy (non-hydrogen) atoms. The summed E-state index contributed by atoms with van der Waals surface area (Å²) < 4.78 is 4.93. The second-order valence-corrected chi connectivity index (χ2v) is 4.56. The van der Waals surface area contributed by atoms with Crippen molar-refractivity contribution in [3.63, 3.8) is 0 Å². The van der Waals surface area contributed by atoms with Crippen LogP contribution in [0.1, 0.15) is 32.6 Å². The highest BCUT2D eigenvalue weighted by atomic mass is 16.5. The molecule has 1 fully saturated rings. The van der Waals surface area contributed by atoms with Gasteiger partial charge >= 0.3 is 5.97 Å². The largest absolute Gasteiger partial charge is 0.480 e. The van der Waals surface area contributed by atoms with Crippen molar-refractivity contribution in [1.82, 2.24) is 5.32 Å². The fourth-order valence-corrected chi connectivity index (χ4v) is 1.64. The van der Waals surface area contributed by atoms with Crippen molar-refractivity contribution in [3.8, 4) is 0 Å². The van der Waals surface area contributed by atoms with Gasteiger partial charge in [-0.15, -0.1) is 0 Å². The molecule has 0 bridgehead atoms. The number of carboxylic acids is 1. The van der Waals surface area contributed by atoms with Gasteiger partial charge in [0.05, 0.1) is 0 Å². The molecule has 4 nitrogen and oxygen atoms in total. The van der Waals surface area contributed by atoms with Crippen LogP contribution < -0.4 is 5.32 Å². The maximum atomic E-state index is 11.1. The molecule has 1 aliphatic carbocycles. The van der Waals surface area contributed by atoms with Gasteiger partial charge in [-0.25, -0.2) is 0 Å². The first-order valence-corrected chi connectivity index (χ1v) is 5.56. The number of hydrogen-bond acceptors (Lipinski definition) is 3. The number of aliphatic carboxylic acids is 1. The fourth-order valence-electron chi connectivity index (χ4n) is 1.64. The highest BCUT2D eigenvalue weighted by Crippen LogP contribution is 2.26. The van der Waals surface area contributed by atoms with Gasteiger partial charge in [-0.05, 0) is 38.6 Å². The highest BCUT2D eigenvalue weighted by molar-refractivity contribution is 5.78. The zero-order valence-electron chi connectivity index (χ0n) is 9.58. The van der Waals surface area contributed by atoms with Gasteiger partial charge in [-0.1, -0.05) is 6.42 Å². The lowest BCUT2D eigenvalue weighted by atomic mass is 9.84. The Balaban J connectivity index is 2.36. The third-order valence-corrected chi connectivity index (χ3v) is 3.28. The molecule has 0 aromatic heterocycles. The van der Waals surface area contributed by atoms with E-state index in [-0.39, 0.29) is 0 Å². The molecule has 4 heteroatoms. The van der Waals surface area contributed by atoms with E-state index in [1.54, 1.807) is 14.0 Å². The minimum atomic E-state index is -0.842. The lowest BCUT2D eigenvalue weighted by Crippen LogP contribution is -2.52. The molecule has 1 unspecified atom stereocenters. The maximum absolute atomic E-state index is 11.1. The number of methoxy groups -OCH3 is 1. The Kier molecular flexibility index (Phi) is 4.54. The number of nitrogens with one attached hydrogen (secondary N) is 1. The van der Waals surface area contributed by atoms with Crippen LogP contribution in [-0.4, -0.2) is 36.9 Å². The molecule has 0 radical (unpaired) electrons. The third kappa shape index (κ3) is 3.47. The number of rotatable bonds is 7. The number of carboxylic acid groups (broad SMARTS) is 1. The van der Waals surface area contributed by atoms with Gasteiger partial charge in [0.25, 0.3) is 0 Å². The number of carbonyl (C=O) groups is 1. The van der Waals surface area contributed by atoms with E-state index in [9.17, 15) is 4.79 Å². The van der Waals surface area contributed by atoms with Crippen molar-refractivity contribution < 1.29 is 14.6 Å². The first-order valence-electron chi connectivity index (χ1n) is 5.56. The molecule has 0 amide bonds. The Morgan fingerprint density at radius 2 is 2.27 bits per heavy atom. The summed E-state index contributed by atoms with van der Waals surface area (Å²) in [4.78, 5) is 11.1. The summed E-state index contributed by atoms with van der Waals surface area (Å²) in [5, 5.41) is 12.3. The standard InChI is InChI=1S/C11H21NO3/c1-11(10(13)14,6-7-15-2)12-8-9-4-3-5-9/h9,12H,3-8H2,1-2H3,(H,13,14). The number of ether oxygens (including phenoxy) is 1. The lowest BCUT2D eigenvalue weighted by molar-refractivity contribution is -0.145. The van der Waals surface area contributed by atoms with Crippen LogP contribution in [0, 0.1) is 5.92 Å². The van der Waals surface area contributed by atoms with E-state index in [0.717, 1.165) is 6.54 Å². The number of hydrogen-bond donors (Lipinski definition) is 2. The Morgan fingerprint density at radius 3 is 2.67 bits per heavy atom. The Labute approximate surface area is 91.0 Å². The SMILES string of the molecule is COCCC(C)(NCC1CCC1)C(=O)O. The minimum absolute atomic E-state index is 0.473. The predicted octanol–water partition coefficient (Wildman–Crippen LogP) is 1.26. The van der Waals surface area contributed by atoms with E-state index in [0.29, 0.717) is 18.9 Å². The van der Waals surface area contributed by atoms with Gasteiger partial charge in [0.15, 0.2) is 0 Å². The fraction of sp³-hybridized carbons (Fsp3) is 0.909. The molecule has 0 spiro atoms. The van der Waals surface area contributed by atoms with Gasteiger partial charge in [0, 0.05) is 13.7 Å². The highest BCUT2D eigenvalue weighted by Gasteiger charge is 2.33. The van der Waals surface area contributed by atoms with Crippen LogP contribution in [0.25, 0.3) is 0 Å². The predicted molar refractivity (Wildman–Crippen MR) is 57.9 cm³/mol. The smallest absolute Gasteiger partial charge is 0.323 e. The Morgan fingerprint density at radius 1 is 1.60 bits per heavy atom. The molecule has 1 atom stereocenters. The molecule has 0 aromatic carbocycles. The van der Waals surface area contributed by atoms with Crippen LogP contribution in [0.15, 0.2) is 0 Å². The zero-order chi connectivity index (χ0) is 11.3. The summed E-state index contributed by atoms with van der Waals surface area (Å²) in [7, 11) is 1.59. The summed E-state index contributed by atoms with van der Waals surface area (Å²) in [6, 6.07) is 0. The second-order valence-electron chi connectivity index (χ2n) is 4.56. The van der Waals surface area contributed by atoms with Crippen molar-refractivity contribution in [1.29, 1.82) is 0 Å². The van der Waals surface area contributed by atoms with E-state index in [1.807, 2.05) is 0 Å². The van der Waals surface area contributed by atoms with Crippen molar-refractivity contribution >= 4 is 5.97 Å². The average molecular weight is 215 g/mol. The van der Waals surface area contributed by atoms with Crippen LogP contribution in [0.4, 0.5) is 0 Å². The van der Waals surface area contributed by atoms with Gasteiger partial charge in [0.2, 0.25) is 0 Å². The zero-order valence-corrected chi connectivity index (χ0v) is 9.58. The molecule has 88 valence electrons. The summed E-state index contributed by atoms with van der Waals surface area (Å²) >= 11 is 0. The first-order chi connectivity index (χ1) is 7.08. The van der Waals surface area contributed by atoms with Gasteiger partial charge < -0.3 is 15.2 Å². The Hall–Kier alpha value is -0.610. The van der Waals surface area contributed by atoms with Gasteiger partial charge in [0.1, 0.15) is 5.54 Å². The quantitative estimate of drug-likeness (QED) is 0.671. The molecular formula is C11H21NO3. The molecule has 1 aliphatic rings. The van der Waals surface area contributed by atoms with Crippen molar-refractivity contribution in [2.45, 2.75) is 38.1 Å². The Bertz CT molecular complexity index is 216. The van der Waals surface area contributed by atoms with E-state index >= 15 is 0 Å². The normalized spacial score (nSPS) is 20.7. The first kappa shape index (κ1) is 12.5. The monoisotopic (exact) mass is 215 g/mol. The summed E-state index contributed by atoms with van der Waals surface area (Å²) in [5.74, 6) is -0.120.